The lowest BCUT2D eigenvalue weighted by Crippen LogP contribution is -2.44. The number of aliphatic carboxylic acids is 1. The number of piperazine rings is 1. The van der Waals surface area contributed by atoms with Crippen LogP contribution in [0.4, 0.5) is 34.6 Å². The van der Waals surface area contributed by atoms with Gasteiger partial charge in [-0.3, -0.25) is 4.79 Å². The van der Waals surface area contributed by atoms with Crippen molar-refractivity contribution in [2.45, 2.75) is 25.2 Å². The van der Waals surface area contributed by atoms with Gasteiger partial charge in [0.25, 0.3) is 5.91 Å². The maximum Gasteiger partial charge on any atom is 0.490 e. The van der Waals surface area contributed by atoms with E-state index in [0.29, 0.717) is 31.6 Å². The van der Waals surface area contributed by atoms with E-state index < -0.39 is 24.2 Å². The van der Waals surface area contributed by atoms with Crippen LogP contribution in [-0.4, -0.2) is 80.5 Å². The summed E-state index contributed by atoms with van der Waals surface area (Å²) in [6.07, 6.45) is -4.89. The monoisotopic (exact) mass is 525 g/mol. The summed E-state index contributed by atoms with van der Waals surface area (Å²) in [4.78, 5) is 28.3. The number of halogens is 4. The van der Waals surface area contributed by atoms with Crippen LogP contribution >= 0.6 is 0 Å². The van der Waals surface area contributed by atoms with Crippen molar-refractivity contribution in [1.29, 1.82) is 5.26 Å². The third-order valence-corrected chi connectivity index (χ3v) is 6.05. The summed E-state index contributed by atoms with van der Waals surface area (Å²) in [6, 6.07) is 10.8. The molecule has 2 fully saturated rings. The molecule has 4 rings (SSSR count). The van der Waals surface area contributed by atoms with E-state index in [1.165, 1.54) is 12.1 Å². The number of nitrogens with zero attached hydrogens (tertiary/aromatic N) is 4. The minimum atomic E-state index is -5.08. The molecular formula is C24H27F4N5O4. The second-order valence-electron chi connectivity index (χ2n) is 8.69. The smallest absolute Gasteiger partial charge is 0.475 e. The average molecular weight is 526 g/mol. The number of furan rings is 1. The number of hydrogen-bond donors (Lipinski definition) is 2. The molecule has 200 valence electrons. The SMILES string of the molecule is CN1CCN(c2ccc(NC(=O)c3ccc(C#N)o3)c(N3CCC(F)CC3)c2)CC1.O=C(O)C(F)(F)F. The molecule has 0 spiro atoms. The van der Waals surface area contributed by atoms with Gasteiger partial charge in [-0.2, -0.15) is 18.4 Å². The zero-order chi connectivity index (χ0) is 27.2. The highest BCUT2D eigenvalue weighted by Gasteiger charge is 2.38. The molecule has 1 amide bonds. The predicted molar refractivity (Wildman–Crippen MR) is 128 cm³/mol. The summed E-state index contributed by atoms with van der Waals surface area (Å²) in [5, 5.41) is 18.9. The molecule has 0 atom stereocenters. The van der Waals surface area contributed by atoms with Gasteiger partial charge in [-0.05, 0) is 50.2 Å². The molecule has 3 heterocycles. The Morgan fingerprint density at radius 3 is 2.22 bits per heavy atom. The third-order valence-electron chi connectivity index (χ3n) is 6.05. The van der Waals surface area contributed by atoms with Crippen molar-refractivity contribution < 1.29 is 36.7 Å². The van der Waals surface area contributed by atoms with E-state index in [4.69, 9.17) is 19.6 Å². The van der Waals surface area contributed by atoms with Crippen LogP contribution in [0.2, 0.25) is 0 Å². The Morgan fingerprint density at radius 2 is 1.68 bits per heavy atom. The molecule has 0 unspecified atom stereocenters. The van der Waals surface area contributed by atoms with Gasteiger partial charge in [0, 0.05) is 45.0 Å². The molecule has 0 aliphatic carbocycles. The molecule has 1 aromatic heterocycles. The first kappa shape index (κ1) is 27.8. The lowest BCUT2D eigenvalue weighted by atomic mass is 10.1. The fourth-order valence-corrected chi connectivity index (χ4v) is 3.94. The number of nitrogens with one attached hydrogen (secondary N) is 1. The Hall–Kier alpha value is -3.79. The largest absolute Gasteiger partial charge is 0.490 e. The van der Waals surface area contributed by atoms with Crippen molar-refractivity contribution >= 4 is 28.9 Å². The predicted octanol–water partition coefficient (Wildman–Crippen LogP) is 3.73. The molecule has 0 radical (unpaired) electrons. The number of piperidine rings is 1. The van der Waals surface area contributed by atoms with Crippen LogP contribution in [0.15, 0.2) is 34.7 Å². The quantitative estimate of drug-likeness (QED) is 0.581. The normalized spacial score (nSPS) is 17.0. The van der Waals surface area contributed by atoms with Gasteiger partial charge >= 0.3 is 12.1 Å². The van der Waals surface area contributed by atoms with E-state index in [9.17, 15) is 22.4 Å². The van der Waals surface area contributed by atoms with Crippen molar-refractivity contribution in [2.75, 3.05) is 61.4 Å². The molecule has 37 heavy (non-hydrogen) atoms. The minimum Gasteiger partial charge on any atom is -0.475 e. The molecule has 13 heteroatoms. The van der Waals surface area contributed by atoms with E-state index in [2.05, 4.69) is 33.1 Å². The summed E-state index contributed by atoms with van der Waals surface area (Å²) in [5.41, 5.74) is 2.65. The van der Waals surface area contributed by atoms with Gasteiger partial charge < -0.3 is 29.5 Å². The number of nitriles is 1. The fraction of sp³-hybridized carbons (Fsp3) is 0.458. The zero-order valence-corrected chi connectivity index (χ0v) is 20.1. The maximum atomic E-state index is 13.7. The Bertz CT molecular complexity index is 1130. The summed E-state index contributed by atoms with van der Waals surface area (Å²) in [7, 11) is 2.12. The van der Waals surface area contributed by atoms with Gasteiger partial charge in [0.1, 0.15) is 12.2 Å². The van der Waals surface area contributed by atoms with Gasteiger partial charge in [-0.15, -0.1) is 0 Å². The van der Waals surface area contributed by atoms with Crippen LogP contribution in [-0.2, 0) is 4.79 Å². The van der Waals surface area contributed by atoms with Crippen molar-refractivity contribution in [2.24, 2.45) is 0 Å². The topological polar surface area (TPSA) is 113 Å². The lowest BCUT2D eigenvalue weighted by Gasteiger charge is -2.36. The van der Waals surface area contributed by atoms with Gasteiger partial charge in [-0.1, -0.05) is 0 Å². The Labute approximate surface area is 210 Å². The second-order valence-corrected chi connectivity index (χ2v) is 8.69. The van der Waals surface area contributed by atoms with Gasteiger partial charge in [0.15, 0.2) is 5.76 Å². The van der Waals surface area contributed by atoms with Gasteiger partial charge in [0.2, 0.25) is 5.76 Å². The first-order chi connectivity index (χ1) is 17.5. The number of rotatable bonds is 4. The Kier molecular flexibility index (Phi) is 8.99. The van der Waals surface area contributed by atoms with E-state index in [0.717, 1.165) is 37.6 Å². The average Bonchev–Trinajstić information content (AvgIpc) is 3.35. The molecule has 2 N–H and O–H groups in total. The number of carbonyl (C=O) groups excluding carboxylic acids is 1. The molecular weight excluding hydrogens is 498 g/mol. The molecule has 0 bridgehead atoms. The molecule has 1 aromatic carbocycles. The summed E-state index contributed by atoms with van der Waals surface area (Å²) in [6.45, 7) is 5.10. The Balaban J connectivity index is 0.000000479. The molecule has 0 saturated carbocycles. The second kappa shape index (κ2) is 12.0. The van der Waals surface area contributed by atoms with Crippen LogP contribution in [0.1, 0.15) is 29.2 Å². The first-order valence-corrected chi connectivity index (χ1v) is 11.6. The molecule has 2 saturated heterocycles. The van der Waals surface area contributed by atoms with Crippen molar-refractivity contribution in [1.82, 2.24) is 4.90 Å². The summed E-state index contributed by atoms with van der Waals surface area (Å²) < 4.78 is 50.7. The van der Waals surface area contributed by atoms with Crippen LogP contribution in [0.5, 0.6) is 0 Å². The molecule has 2 aliphatic heterocycles. The number of likely N-dealkylation sites (N-methyl/N-ethyl adjacent to an activating group) is 1. The standard InChI is InChI=1S/C22H26FN5O2.C2HF3O2/c1-26-10-12-27(13-11-26)17-2-4-19(20(14-17)28-8-6-16(23)7-9-28)25-22(29)21-5-3-18(15-24)30-21;3-2(4,5)1(6)7/h2-5,14,16H,6-13H2,1H3,(H,25,29);(H,6,7). The van der Waals surface area contributed by atoms with E-state index in [1.807, 2.05) is 18.2 Å². The number of hydrogen-bond acceptors (Lipinski definition) is 7. The van der Waals surface area contributed by atoms with E-state index in [1.54, 1.807) is 0 Å². The van der Waals surface area contributed by atoms with Crippen LogP contribution in [0.3, 0.4) is 0 Å². The minimum absolute atomic E-state index is 0.0862. The number of carbonyl (C=O) groups is 2. The van der Waals surface area contributed by atoms with Crippen molar-refractivity contribution in [3.8, 4) is 6.07 Å². The summed E-state index contributed by atoms with van der Waals surface area (Å²) >= 11 is 0. The van der Waals surface area contributed by atoms with Crippen LogP contribution < -0.4 is 15.1 Å². The zero-order valence-electron chi connectivity index (χ0n) is 20.1. The number of amides is 1. The highest BCUT2D eigenvalue weighted by molar-refractivity contribution is 6.04. The van der Waals surface area contributed by atoms with Crippen LogP contribution in [0, 0.1) is 11.3 Å². The third kappa shape index (κ3) is 7.60. The highest BCUT2D eigenvalue weighted by Crippen LogP contribution is 2.34. The number of anilines is 3. The molecule has 2 aliphatic rings. The molecule has 9 nitrogen and oxygen atoms in total. The summed E-state index contributed by atoms with van der Waals surface area (Å²) in [5.74, 6) is -2.99. The lowest BCUT2D eigenvalue weighted by molar-refractivity contribution is -0.192. The number of benzene rings is 1. The van der Waals surface area contributed by atoms with E-state index >= 15 is 0 Å². The van der Waals surface area contributed by atoms with Gasteiger partial charge in [0.05, 0.1) is 11.4 Å². The van der Waals surface area contributed by atoms with Crippen LogP contribution in [0.25, 0.3) is 0 Å². The van der Waals surface area contributed by atoms with Gasteiger partial charge in [-0.25, -0.2) is 9.18 Å². The van der Waals surface area contributed by atoms with Crippen molar-refractivity contribution in [3.63, 3.8) is 0 Å². The number of carboxylic acid groups (broad SMARTS) is 1. The number of alkyl halides is 4. The van der Waals surface area contributed by atoms with Crippen molar-refractivity contribution in [3.05, 3.63) is 41.9 Å². The van der Waals surface area contributed by atoms with E-state index in [-0.39, 0.29) is 11.5 Å². The molecule has 2 aromatic rings. The first-order valence-electron chi connectivity index (χ1n) is 11.6. The fourth-order valence-electron chi connectivity index (χ4n) is 3.94. The highest BCUT2D eigenvalue weighted by atomic mass is 19.4. The number of carboxylic acids is 1. The maximum absolute atomic E-state index is 13.7. The Morgan fingerprint density at radius 1 is 1.05 bits per heavy atom.